The van der Waals surface area contributed by atoms with Crippen molar-refractivity contribution in [2.24, 2.45) is 5.73 Å². The first-order valence-electron chi connectivity index (χ1n) is 5.24. The number of nitrogens with one attached hydrogen (secondary N) is 1. The summed E-state index contributed by atoms with van der Waals surface area (Å²) in [5, 5.41) is 11.5. The van der Waals surface area contributed by atoms with E-state index in [1.165, 1.54) is 6.92 Å². The van der Waals surface area contributed by atoms with Gasteiger partial charge in [-0.25, -0.2) is 4.79 Å². The SMILES string of the molecule is CC(=O)N[C@@](N)(C(=O)O)[C@H](C)c1ccccc1.Cl. The Labute approximate surface area is 112 Å². The minimum Gasteiger partial charge on any atom is -0.478 e. The van der Waals surface area contributed by atoms with Crippen molar-refractivity contribution < 1.29 is 14.7 Å². The second-order valence-electron chi connectivity index (χ2n) is 3.99. The Hall–Kier alpha value is -1.59. The molecule has 0 aliphatic heterocycles. The van der Waals surface area contributed by atoms with Crippen LogP contribution in [0.1, 0.15) is 25.3 Å². The van der Waals surface area contributed by atoms with E-state index >= 15 is 0 Å². The molecule has 0 radical (unpaired) electrons. The van der Waals surface area contributed by atoms with Gasteiger partial charge in [0.25, 0.3) is 0 Å². The third kappa shape index (κ3) is 3.45. The molecule has 18 heavy (non-hydrogen) atoms. The maximum Gasteiger partial charge on any atom is 0.345 e. The van der Waals surface area contributed by atoms with Gasteiger partial charge in [0, 0.05) is 12.8 Å². The van der Waals surface area contributed by atoms with Crippen molar-refractivity contribution in [3.63, 3.8) is 0 Å². The summed E-state index contributed by atoms with van der Waals surface area (Å²) in [5.74, 6) is -2.27. The average Bonchev–Trinajstić information content (AvgIpc) is 2.28. The van der Waals surface area contributed by atoms with Crippen LogP contribution in [-0.4, -0.2) is 22.6 Å². The van der Waals surface area contributed by atoms with Crippen molar-refractivity contribution in [2.45, 2.75) is 25.4 Å². The zero-order chi connectivity index (χ0) is 13.1. The van der Waals surface area contributed by atoms with Crippen LogP contribution in [0.5, 0.6) is 0 Å². The van der Waals surface area contributed by atoms with E-state index in [-0.39, 0.29) is 12.4 Å². The Morgan fingerprint density at radius 3 is 2.22 bits per heavy atom. The molecule has 1 rings (SSSR count). The number of nitrogens with two attached hydrogens (primary N) is 1. The molecule has 0 spiro atoms. The fourth-order valence-electron chi connectivity index (χ4n) is 1.64. The number of carbonyl (C=O) groups is 2. The molecule has 6 heteroatoms. The van der Waals surface area contributed by atoms with Gasteiger partial charge in [-0.3, -0.25) is 10.5 Å². The van der Waals surface area contributed by atoms with Gasteiger partial charge in [-0.05, 0) is 5.56 Å². The van der Waals surface area contributed by atoms with Gasteiger partial charge >= 0.3 is 5.97 Å². The number of hydrogen-bond acceptors (Lipinski definition) is 3. The summed E-state index contributed by atoms with van der Waals surface area (Å²) >= 11 is 0. The maximum atomic E-state index is 11.2. The molecule has 0 saturated carbocycles. The van der Waals surface area contributed by atoms with Gasteiger partial charge in [-0.1, -0.05) is 37.3 Å². The molecule has 1 aromatic carbocycles. The second kappa shape index (κ2) is 6.37. The lowest BCUT2D eigenvalue weighted by molar-refractivity contribution is -0.148. The average molecular weight is 273 g/mol. The van der Waals surface area contributed by atoms with Crippen molar-refractivity contribution in [3.05, 3.63) is 35.9 Å². The Morgan fingerprint density at radius 1 is 1.33 bits per heavy atom. The molecule has 0 unspecified atom stereocenters. The van der Waals surface area contributed by atoms with Gasteiger partial charge in [0.15, 0.2) is 5.66 Å². The number of hydrogen-bond donors (Lipinski definition) is 3. The predicted molar refractivity (Wildman–Crippen MR) is 70.5 cm³/mol. The summed E-state index contributed by atoms with van der Waals surface area (Å²) in [7, 11) is 0. The van der Waals surface area contributed by atoms with Gasteiger partial charge in [-0.15, -0.1) is 12.4 Å². The fourth-order valence-corrected chi connectivity index (χ4v) is 1.64. The minimum absolute atomic E-state index is 0. The third-order valence-corrected chi connectivity index (χ3v) is 2.72. The smallest absolute Gasteiger partial charge is 0.345 e. The number of benzene rings is 1. The molecule has 5 nitrogen and oxygen atoms in total. The lowest BCUT2D eigenvalue weighted by Gasteiger charge is -2.32. The lowest BCUT2D eigenvalue weighted by Crippen LogP contribution is -2.64. The maximum absolute atomic E-state index is 11.2. The van der Waals surface area contributed by atoms with E-state index < -0.39 is 23.5 Å². The van der Waals surface area contributed by atoms with Crippen LogP contribution in [0.25, 0.3) is 0 Å². The molecule has 100 valence electrons. The number of carboxylic acids is 1. The third-order valence-electron chi connectivity index (χ3n) is 2.72. The van der Waals surface area contributed by atoms with Gasteiger partial charge in [0.2, 0.25) is 5.91 Å². The molecule has 0 aliphatic rings. The highest BCUT2D eigenvalue weighted by molar-refractivity contribution is 5.86. The molecule has 1 aromatic rings. The number of carboxylic acid groups (broad SMARTS) is 1. The quantitative estimate of drug-likeness (QED) is 0.716. The fraction of sp³-hybridized carbons (Fsp3) is 0.333. The van der Waals surface area contributed by atoms with Crippen LogP contribution in [0.2, 0.25) is 0 Å². The van der Waals surface area contributed by atoms with Crippen molar-refractivity contribution in [2.75, 3.05) is 0 Å². The molecule has 0 fully saturated rings. The number of halogens is 1. The first-order valence-corrected chi connectivity index (χ1v) is 5.24. The van der Waals surface area contributed by atoms with E-state index in [2.05, 4.69) is 5.32 Å². The van der Waals surface area contributed by atoms with Gasteiger partial charge < -0.3 is 10.4 Å². The minimum atomic E-state index is -1.80. The molecule has 2 atom stereocenters. The number of amides is 1. The molecule has 0 heterocycles. The molecule has 1 amide bonds. The summed E-state index contributed by atoms with van der Waals surface area (Å²) in [6.45, 7) is 2.90. The van der Waals surface area contributed by atoms with E-state index in [0.29, 0.717) is 0 Å². The van der Waals surface area contributed by atoms with Gasteiger partial charge in [0.05, 0.1) is 0 Å². The Balaban J connectivity index is 0.00000289. The molecular formula is C12H17ClN2O3. The predicted octanol–water partition coefficient (Wildman–Crippen LogP) is 1.09. The summed E-state index contributed by atoms with van der Waals surface area (Å²) < 4.78 is 0. The van der Waals surface area contributed by atoms with E-state index in [9.17, 15) is 14.7 Å². The first-order chi connectivity index (χ1) is 7.88. The van der Waals surface area contributed by atoms with Crippen LogP contribution in [0.4, 0.5) is 0 Å². The molecule has 0 bridgehead atoms. The van der Waals surface area contributed by atoms with Crippen LogP contribution in [0.3, 0.4) is 0 Å². The number of aliphatic carboxylic acids is 1. The van der Waals surface area contributed by atoms with Crippen LogP contribution < -0.4 is 11.1 Å². The molecule has 0 saturated heterocycles. The van der Waals surface area contributed by atoms with Crippen LogP contribution >= 0.6 is 12.4 Å². The van der Waals surface area contributed by atoms with Gasteiger partial charge in [-0.2, -0.15) is 0 Å². The Bertz CT molecular complexity index is 425. The highest BCUT2D eigenvalue weighted by atomic mass is 35.5. The summed E-state index contributed by atoms with van der Waals surface area (Å²) in [4.78, 5) is 22.3. The van der Waals surface area contributed by atoms with E-state index in [4.69, 9.17) is 5.73 Å². The largest absolute Gasteiger partial charge is 0.478 e. The van der Waals surface area contributed by atoms with Crippen LogP contribution in [-0.2, 0) is 9.59 Å². The van der Waals surface area contributed by atoms with E-state index in [1.54, 1.807) is 31.2 Å². The highest BCUT2D eigenvalue weighted by Crippen LogP contribution is 2.24. The van der Waals surface area contributed by atoms with Gasteiger partial charge in [0.1, 0.15) is 0 Å². The molecule has 0 aliphatic carbocycles. The number of carbonyl (C=O) groups excluding carboxylic acids is 1. The first kappa shape index (κ1) is 16.4. The van der Waals surface area contributed by atoms with Crippen molar-refractivity contribution in [1.82, 2.24) is 5.32 Å². The molecule has 4 N–H and O–H groups in total. The van der Waals surface area contributed by atoms with Crippen LogP contribution in [0.15, 0.2) is 30.3 Å². The Kier molecular flexibility index (Phi) is 5.81. The number of rotatable bonds is 4. The topological polar surface area (TPSA) is 92.4 Å². The van der Waals surface area contributed by atoms with Crippen molar-refractivity contribution >= 4 is 24.3 Å². The molecule has 0 aromatic heterocycles. The monoisotopic (exact) mass is 272 g/mol. The van der Waals surface area contributed by atoms with Crippen LogP contribution in [0, 0.1) is 0 Å². The summed E-state index contributed by atoms with van der Waals surface area (Å²) in [6.07, 6.45) is 0. The standard InChI is InChI=1S/C12H16N2O3.ClH/c1-8(10-6-4-3-5-7-10)12(13,11(16)17)14-9(2)15;/h3-8H,13H2,1-2H3,(H,14,15)(H,16,17);1H/t8-,12-;/m1./s1. The lowest BCUT2D eigenvalue weighted by atomic mass is 9.88. The summed E-state index contributed by atoms with van der Waals surface area (Å²) in [5.41, 5.74) is 4.74. The highest BCUT2D eigenvalue weighted by Gasteiger charge is 2.41. The van der Waals surface area contributed by atoms with E-state index in [1.807, 2.05) is 6.07 Å². The molecular weight excluding hydrogens is 256 g/mol. The zero-order valence-corrected chi connectivity index (χ0v) is 11.0. The van der Waals surface area contributed by atoms with Crippen molar-refractivity contribution in [1.29, 1.82) is 0 Å². The Morgan fingerprint density at radius 2 is 1.83 bits per heavy atom. The second-order valence-corrected chi connectivity index (χ2v) is 3.99. The zero-order valence-electron chi connectivity index (χ0n) is 10.2. The van der Waals surface area contributed by atoms with Crippen molar-refractivity contribution in [3.8, 4) is 0 Å². The normalized spacial score (nSPS) is 14.8. The van der Waals surface area contributed by atoms with E-state index in [0.717, 1.165) is 5.56 Å². The summed E-state index contributed by atoms with van der Waals surface area (Å²) in [6, 6.07) is 8.96.